The number of rotatable bonds is 8. The molecule has 1 nitrogen and oxygen atoms in total. The number of benzene rings is 1. The van der Waals surface area contributed by atoms with E-state index in [9.17, 15) is 9.50 Å². The molecule has 0 radical (unpaired) electrons. The van der Waals surface area contributed by atoms with Gasteiger partial charge in [0, 0.05) is 0 Å². The van der Waals surface area contributed by atoms with E-state index in [2.05, 4.69) is 6.92 Å². The lowest BCUT2D eigenvalue weighted by Crippen LogP contribution is -2.10. The molecule has 1 aromatic rings. The Labute approximate surface area is 114 Å². The highest BCUT2D eigenvalue weighted by Crippen LogP contribution is 2.18. The van der Waals surface area contributed by atoms with E-state index >= 15 is 0 Å². The molecule has 1 rings (SSSR count). The summed E-state index contributed by atoms with van der Waals surface area (Å²) in [6.45, 7) is 2.18. The number of hydrogen-bond donors (Lipinski definition) is 1. The Hall–Kier alpha value is -0.600. The summed E-state index contributed by atoms with van der Waals surface area (Å²) in [5.74, 6) is -0.413. The molecule has 0 aliphatic carbocycles. The van der Waals surface area contributed by atoms with Crippen LogP contribution in [0.2, 0.25) is 5.02 Å². The maximum atomic E-state index is 13.2. The van der Waals surface area contributed by atoms with Crippen molar-refractivity contribution in [3.63, 3.8) is 0 Å². The number of hydrogen-bond acceptors (Lipinski definition) is 1. The molecule has 0 aromatic heterocycles. The first-order chi connectivity index (χ1) is 8.63. The first-order valence-corrected chi connectivity index (χ1v) is 7.13. The highest BCUT2D eigenvalue weighted by atomic mass is 35.5. The van der Waals surface area contributed by atoms with Gasteiger partial charge < -0.3 is 5.11 Å². The predicted octanol–water partition coefficient (Wildman–Crippen LogP) is 4.74. The third kappa shape index (κ3) is 5.83. The fourth-order valence-electron chi connectivity index (χ4n) is 2.02. The zero-order chi connectivity index (χ0) is 13.4. The van der Waals surface area contributed by atoms with E-state index in [-0.39, 0.29) is 11.1 Å². The van der Waals surface area contributed by atoms with Gasteiger partial charge in [0.05, 0.1) is 11.1 Å². The van der Waals surface area contributed by atoms with Crippen molar-refractivity contribution < 1.29 is 9.50 Å². The van der Waals surface area contributed by atoms with Crippen molar-refractivity contribution in [2.45, 2.75) is 58.0 Å². The molecule has 0 fully saturated rings. The van der Waals surface area contributed by atoms with Gasteiger partial charge in [-0.05, 0) is 30.5 Å². The van der Waals surface area contributed by atoms with E-state index in [1.807, 2.05) is 0 Å². The van der Waals surface area contributed by atoms with E-state index in [1.54, 1.807) is 12.1 Å². The molecule has 0 spiro atoms. The molecule has 0 saturated carbocycles. The third-order valence-corrected chi connectivity index (χ3v) is 3.40. The van der Waals surface area contributed by atoms with Crippen LogP contribution < -0.4 is 0 Å². The summed E-state index contributed by atoms with van der Waals surface area (Å²) >= 11 is 5.61. The Kier molecular flexibility index (Phi) is 7.29. The number of halogens is 2. The van der Waals surface area contributed by atoms with Crippen molar-refractivity contribution in [3.8, 4) is 0 Å². The fraction of sp³-hybridized carbons (Fsp3) is 0.600. The SMILES string of the molecule is CCCCCCCC(O)Cc1ccc(Cl)c(F)c1. The molecule has 0 heterocycles. The number of unbranched alkanes of at least 4 members (excludes halogenated alkanes) is 4. The topological polar surface area (TPSA) is 20.2 Å². The standard InChI is InChI=1S/C15H22ClFO/c1-2-3-4-5-6-7-13(18)10-12-8-9-14(16)15(17)11-12/h8-9,11,13,18H,2-7,10H2,1H3. The summed E-state index contributed by atoms with van der Waals surface area (Å²) in [5, 5.41) is 10.00. The van der Waals surface area contributed by atoms with Crippen LogP contribution in [0, 0.1) is 5.82 Å². The Balaban J connectivity index is 2.26. The molecule has 0 aliphatic heterocycles. The number of aliphatic hydroxyl groups excluding tert-OH is 1. The van der Waals surface area contributed by atoms with Crippen LogP contribution in [0.1, 0.15) is 51.0 Å². The molecule has 18 heavy (non-hydrogen) atoms. The fourth-order valence-corrected chi connectivity index (χ4v) is 2.14. The lowest BCUT2D eigenvalue weighted by atomic mass is 10.0. The van der Waals surface area contributed by atoms with Gasteiger partial charge in [0.1, 0.15) is 5.82 Å². The predicted molar refractivity (Wildman–Crippen MR) is 74.5 cm³/mol. The van der Waals surface area contributed by atoms with Crippen molar-refractivity contribution in [3.05, 3.63) is 34.6 Å². The van der Waals surface area contributed by atoms with Gasteiger partial charge in [-0.3, -0.25) is 0 Å². The van der Waals surface area contributed by atoms with Crippen LogP contribution in [-0.2, 0) is 6.42 Å². The normalized spacial score (nSPS) is 12.7. The second-order valence-corrected chi connectivity index (χ2v) is 5.22. The van der Waals surface area contributed by atoms with Crippen LogP contribution in [0.4, 0.5) is 4.39 Å². The molecule has 0 bridgehead atoms. The average Bonchev–Trinajstić information content (AvgIpc) is 2.34. The molecule has 1 aromatic carbocycles. The Bertz CT molecular complexity index is 354. The van der Waals surface area contributed by atoms with Gasteiger partial charge in [-0.25, -0.2) is 4.39 Å². The Morgan fingerprint density at radius 2 is 1.94 bits per heavy atom. The minimum Gasteiger partial charge on any atom is -0.393 e. The highest BCUT2D eigenvalue weighted by Gasteiger charge is 2.07. The summed E-state index contributed by atoms with van der Waals surface area (Å²) in [5.41, 5.74) is 0.804. The highest BCUT2D eigenvalue weighted by molar-refractivity contribution is 6.30. The zero-order valence-corrected chi connectivity index (χ0v) is 11.7. The summed E-state index contributed by atoms with van der Waals surface area (Å²) in [6.07, 6.45) is 6.84. The number of aliphatic hydroxyl groups is 1. The van der Waals surface area contributed by atoms with E-state index < -0.39 is 5.82 Å². The zero-order valence-electron chi connectivity index (χ0n) is 11.0. The van der Waals surface area contributed by atoms with Crippen molar-refractivity contribution >= 4 is 11.6 Å². The maximum absolute atomic E-state index is 13.2. The molecular weight excluding hydrogens is 251 g/mol. The molecule has 3 heteroatoms. The molecule has 1 unspecified atom stereocenters. The van der Waals surface area contributed by atoms with Crippen molar-refractivity contribution in [2.75, 3.05) is 0 Å². The molecule has 1 atom stereocenters. The summed E-state index contributed by atoms with van der Waals surface area (Å²) in [7, 11) is 0. The van der Waals surface area contributed by atoms with Gasteiger partial charge in [-0.2, -0.15) is 0 Å². The molecule has 1 N–H and O–H groups in total. The Morgan fingerprint density at radius 3 is 2.61 bits per heavy atom. The summed E-state index contributed by atoms with van der Waals surface area (Å²) < 4.78 is 13.2. The van der Waals surface area contributed by atoms with Crippen molar-refractivity contribution in [2.24, 2.45) is 0 Å². The van der Waals surface area contributed by atoms with Crippen LogP contribution in [0.25, 0.3) is 0 Å². The lowest BCUT2D eigenvalue weighted by Gasteiger charge is -2.10. The smallest absolute Gasteiger partial charge is 0.142 e. The van der Waals surface area contributed by atoms with Crippen LogP contribution in [0.15, 0.2) is 18.2 Å². The average molecular weight is 273 g/mol. The van der Waals surface area contributed by atoms with Crippen LogP contribution in [0.3, 0.4) is 0 Å². The van der Waals surface area contributed by atoms with E-state index in [0.29, 0.717) is 6.42 Å². The van der Waals surface area contributed by atoms with Crippen LogP contribution in [-0.4, -0.2) is 11.2 Å². The van der Waals surface area contributed by atoms with Crippen LogP contribution in [0.5, 0.6) is 0 Å². The third-order valence-electron chi connectivity index (χ3n) is 3.10. The van der Waals surface area contributed by atoms with Crippen LogP contribution >= 0.6 is 11.6 Å². The second-order valence-electron chi connectivity index (χ2n) is 4.81. The quantitative estimate of drug-likeness (QED) is 0.678. The molecule has 0 amide bonds. The second kappa shape index (κ2) is 8.49. The monoisotopic (exact) mass is 272 g/mol. The van der Waals surface area contributed by atoms with Crippen molar-refractivity contribution in [1.29, 1.82) is 0 Å². The van der Waals surface area contributed by atoms with Crippen molar-refractivity contribution in [1.82, 2.24) is 0 Å². The molecular formula is C15H22ClFO. The van der Waals surface area contributed by atoms with Gasteiger partial charge in [-0.1, -0.05) is 56.7 Å². The molecule has 0 saturated heterocycles. The largest absolute Gasteiger partial charge is 0.393 e. The minimum absolute atomic E-state index is 0.132. The molecule has 102 valence electrons. The van der Waals surface area contributed by atoms with E-state index in [1.165, 1.54) is 31.7 Å². The van der Waals surface area contributed by atoms with Gasteiger partial charge in [0.15, 0.2) is 0 Å². The minimum atomic E-state index is -0.413. The van der Waals surface area contributed by atoms with Gasteiger partial charge in [0.25, 0.3) is 0 Å². The summed E-state index contributed by atoms with van der Waals surface area (Å²) in [4.78, 5) is 0. The molecule has 0 aliphatic rings. The maximum Gasteiger partial charge on any atom is 0.142 e. The van der Waals surface area contributed by atoms with Gasteiger partial charge in [-0.15, -0.1) is 0 Å². The summed E-state index contributed by atoms with van der Waals surface area (Å²) in [6, 6.07) is 4.72. The van der Waals surface area contributed by atoms with Gasteiger partial charge in [0.2, 0.25) is 0 Å². The van der Waals surface area contributed by atoms with Gasteiger partial charge >= 0.3 is 0 Å². The lowest BCUT2D eigenvalue weighted by molar-refractivity contribution is 0.161. The first kappa shape index (κ1) is 15.5. The van der Waals surface area contributed by atoms with E-state index in [0.717, 1.165) is 18.4 Å². The Morgan fingerprint density at radius 1 is 1.22 bits per heavy atom. The first-order valence-electron chi connectivity index (χ1n) is 6.75. The van der Waals surface area contributed by atoms with E-state index in [4.69, 9.17) is 11.6 Å².